The van der Waals surface area contributed by atoms with Gasteiger partial charge in [0.2, 0.25) is 0 Å². The van der Waals surface area contributed by atoms with Crippen LogP contribution in [0.15, 0.2) is 55.2 Å². The molecule has 1 atom stereocenters. The fourth-order valence-corrected chi connectivity index (χ4v) is 3.55. The van der Waals surface area contributed by atoms with Crippen LogP contribution in [-0.4, -0.2) is 56.7 Å². The summed E-state index contributed by atoms with van der Waals surface area (Å²) in [6.07, 6.45) is 5.39. The van der Waals surface area contributed by atoms with Crippen LogP contribution in [0.1, 0.15) is 40.3 Å². The van der Waals surface area contributed by atoms with E-state index in [4.69, 9.17) is 4.74 Å². The molecule has 0 bridgehead atoms. The van der Waals surface area contributed by atoms with Crippen LogP contribution in [0, 0.1) is 0 Å². The number of carbonyl (C=O) groups is 1. The van der Waals surface area contributed by atoms with Gasteiger partial charge in [-0.2, -0.15) is 18.6 Å². The van der Waals surface area contributed by atoms with Crippen LogP contribution < -0.4 is 15.4 Å². The van der Waals surface area contributed by atoms with Crippen molar-refractivity contribution in [1.82, 2.24) is 35.5 Å². The average molecular weight is 493 g/mol. The highest BCUT2D eigenvalue weighted by atomic mass is 32.1. The van der Waals surface area contributed by atoms with E-state index in [1.54, 1.807) is 32.5 Å². The SMILES string of the molecule is CNC(=O)c1ccc([C@H](C)CNc2cc(-c3ccc(Cc4ncn[nH]4)nc3)ncn2)c(OC)c1.S. The van der Waals surface area contributed by atoms with E-state index >= 15 is 0 Å². The molecule has 1 amide bonds. The molecule has 0 radical (unpaired) electrons. The summed E-state index contributed by atoms with van der Waals surface area (Å²) >= 11 is 0. The molecule has 3 heterocycles. The van der Waals surface area contributed by atoms with Gasteiger partial charge in [-0.3, -0.25) is 14.9 Å². The number of benzene rings is 1. The molecule has 0 fully saturated rings. The number of hydrogen-bond acceptors (Lipinski definition) is 8. The third-order valence-corrected chi connectivity index (χ3v) is 5.44. The Labute approximate surface area is 210 Å². The van der Waals surface area contributed by atoms with Crippen molar-refractivity contribution in [3.63, 3.8) is 0 Å². The number of hydrogen-bond donors (Lipinski definition) is 3. The van der Waals surface area contributed by atoms with Crippen LogP contribution in [0.5, 0.6) is 5.75 Å². The van der Waals surface area contributed by atoms with Gasteiger partial charge in [0.05, 0.1) is 12.8 Å². The standard InChI is InChI=1S/C24H26N8O2.H2S/c1-15(19-7-5-16(24(33)25-2)8-21(19)34-3)11-27-22-10-20(28-13-29-22)17-4-6-18(26-12-17)9-23-30-14-31-32-23;/h4-8,10,12-15H,9,11H2,1-3H3,(H,25,33)(H,27,28,29)(H,30,31,32);1H2/t15-;/m1./s1. The van der Waals surface area contributed by atoms with Gasteiger partial charge in [-0.1, -0.05) is 13.0 Å². The Bertz CT molecular complexity index is 1250. The number of rotatable bonds is 9. The van der Waals surface area contributed by atoms with E-state index in [-0.39, 0.29) is 25.3 Å². The summed E-state index contributed by atoms with van der Waals surface area (Å²) < 4.78 is 5.52. The van der Waals surface area contributed by atoms with E-state index < -0.39 is 0 Å². The van der Waals surface area contributed by atoms with E-state index in [9.17, 15) is 4.79 Å². The minimum Gasteiger partial charge on any atom is -0.496 e. The molecule has 11 heteroatoms. The van der Waals surface area contributed by atoms with E-state index in [0.29, 0.717) is 30.1 Å². The highest BCUT2D eigenvalue weighted by molar-refractivity contribution is 7.59. The number of pyridine rings is 1. The Hall–Kier alpha value is -3.99. The summed E-state index contributed by atoms with van der Waals surface area (Å²) in [5.41, 5.74) is 4.12. The maximum atomic E-state index is 11.9. The molecule has 1 aromatic carbocycles. The summed E-state index contributed by atoms with van der Waals surface area (Å²) in [6, 6.07) is 11.3. The van der Waals surface area contributed by atoms with Gasteiger partial charge >= 0.3 is 0 Å². The summed E-state index contributed by atoms with van der Waals surface area (Å²) in [7, 11) is 3.21. The minimum atomic E-state index is -0.148. The second-order valence-corrected chi connectivity index (χ2v) is 7.75. The van der Waals surface area contributed by atoms with Crippen LogP contribution in [0.2, 0.25) is 0 Å². The largest absolute Gasteiger partial charge is 0.496 e. The van der Waals surface area contributed by atoms with E-state index in [1.807, 2.05) is 24.3 Å². The molecular formula is C24H28N8O2S. The zero-order chi connectivity index (χ0) is 23.9. The van der Waals surface area contributed by atoms with Crippen molar-refractivity contribution < 1.29 is 9.53 Å². The fourth-order valence-electron chi connectivity index (χ4n) is 3.55. The molecule has 4 rings (SSSR count). The summed E-state index contributed by atoms with van der Waals surface area (Å²) in [5.74, 6) is 2.12. The number of aromatic nitrogens is 6. The topological polar surface area (TPSA) is 131 Å². The minimum absolute atomic E-state index is 0. The van der Waals surface area contributed by atoms with Crippen molar-refractivity contribution in [1.29, 1.82) is 0 Å². The number of H-pyrrole nitrogens is 1. The van der Waals surface area contributed by atoms with Gasteiger partial charge < -0.3 is 15.4 Å². The second kappa shape index (κ2) is 11.9. The first kappa shape index (κ1) is 25.6. The second-order valence-electron chi connectivity index (χ2n) is 7.75. The fraction of sp³-hybridized carbons (Fsp3) is 0.250. The number of nitrogens with zero attached hydrogens (tertiary/aromatic N) is 5. The molecular weight excluding hydrogens is 464 g/mol. The van der Waals surface area contributed by atoms with Crippen molar-refractivity contribution >= 4 is 25.2 Å². The van der Waals surface area contributed by atoms with Crippen LogP contribution in [0.3, 0.4) is 0 Å². The molecule has 0 saturated carbocycles. The molecule has 182 valence electrons. The van der Waals surface area contributed by atoms with Gasteiger partial charge in [0.1, 0.15) is 30.0 Å². The van der Waals surface area contributed by atoms with Crippen molar-refractivity contribution in [2.75, 3.05) is 26.0 Å². The Morgan fingerprint density at radius 3 is 2.63 bits per heavy atom. The molecule has 0 spiro atoms. The number of methoxy groups -OCH3 is 1. The Kier molecular flexibility index (Phi) is 8.74. The molecule has 10 nitrogen and oxygen atoms in total. The predicted octanol–water partition coefficient (Wildman–Crippen LogP) is 2.94. The van der Waals surface area contributed by atoms with Gasteiger partial charge in [0.15, 0.2) is 0 Å². The molecule has 0 saturated heterocycles. The lowest BCUT2D eigenvalue weighted by Gasteiger charge is -2.17. The first-order valence-electron chi connectivity index (χ1n) is 10.8. The number of nitrogens with one attached hydrogen (secondary N) is 3. The molecule has 0 aliphatic carbocycles. The predicted molar refractivity (Wildman–Crippen MR) is 138 cm³/mol. The zero-order valence-corrected chi connectivity index (χ0v) is 20.7. The van der Waals surface area contributed by atoms with Crippen LogP contribution in [0.25, 0.3) is 11.3 Å². The quantitative estimate of drug-likeness (QED) is 0.325. The van der Waals surface area contributed by atoms with E-state index in [0.717, 1.165) is 28.3 Å². The molecule has 0 unspecified atom stereocenters. The summed E-state index contributed by atoms with van der Waals surface area (Å²) in [4.78, 5) is 29.3. The highest BCUT2D eigenvalue weighted by Gasteiger charge is 2.15. The maximum absolute atomic E-state index is 11.9. The van der Waals surface area contributed by atoms with Crippen LogP contribution in [0.4, 0.5) is 5.82 Å². The number of amides is 1. The van der Waals surface area contributed by atoms with Crippen molar-refractivity contribution in [3.8, 4) is 17.0 Å². The van der Waals surface area contributed by atoms with Crippen LogP contribution in [-0.2, 0) is 6.42 Å². The maximum Gasteiger partial charge on any atom is 0.251 e. The lowest BCUT2D eigenvalue weighted by molar-refractivity contribution is 0.0962. The molecule has 4 aromatic rings. The van der Waals surface area contributed by atoms with Crippen molar-refractivity contribution in [3.05, 3.63) is 77.9 Å². The first-order valence-corrected chi connectivity index (χ1v) is 10.8. The summed E-state index contributed by atoms with van der Waals surface area (Å²) in [5, 5.41) is 12.7. The first-order chi connectivity index (χ1) is 16.6. The Morgan fingerprint density at radius 2 is 1.94 bits per heavy atom. The monoisotopic (exact) mass is 492 g/mol. The molecule has 3 aromatic heterocycles. The van der Waals surface area contributed by atoms with Crippen molar-refractivity contribution in [2.24, 2.45) is 0 Å². The van der Waals surface area contributed by atoms with E-state index in [1.165, 1.54) is 12.7 Å². The van der Waals surface area contributed by atoms with E-state index in [2.05, 4.69) is 47.7 Å². The lowest BCUT2D eigenvalue weighted by atomic mass is 9.98. The normalized spacial score (nSPS) is 11.3. The third kappa shape index (κ3) is 6.33. The summed E-state index contributed by atoms with van der Waals surface area (Å²) in [6.45, 7) is 2.71. The van der Waals surface area contributed by atoms with Gasteiger partial charge in [-0.15, -0.1) is 0 Å². The lowest BCUT2D eigenvalue weighted by Crippen LogP contribution is -2.18. The number of anilines is 1. The molecule has 0 aliphatic heterocycles. The number of carbonyl (C=O) groups excluding carboxylic acids is 1. The molecule has 3 N–H and O–H groups in total. The third-order valence-electron chi connectivity index (χ3n) is 5.44. The van der Waals surface area contributed by atoms with Gasteiger partial charge in [-0.05, 0) is 29.8 Å². The Balaban J connectivity index is 0.00000342. The zero-order valence-electron chi connectivity index (χ0n) is 19.7. The van der Waals surface area contributed by atoms with Crippen LogP contribution >= 0.6 is 13.5 Å². The molecule has 35 heavy (non-hydrogen) atoms. The van der Waals surface area contributed by atoms with Gasteiger partial charge in [0.25, 0.3) is 5.91 Å². The number of aromatic amines is 1. The smallest absolute Gasteiger partial charge is 0.251 e. The number of ether oxygens (including phenoxy) is 1. The van der Waals surface area contributed by atoms with Crippen molar-refractivity contribution in [2.45, 2.75) is 19.3 Å². The highest BCUT2D eigenvalue weighted by Crippen LogP contribution is 2.28. The van der Waals surface area contributed by atoms with Gasteiger partial charge in [-0.25, -0.2) is 15.0 Å². The average Bonchev–Trinajstić information content (AvgIpc) is 3.40. The molecule has 0 aliphatic rings. The Morgan fingerprint density at radius 1 is 1.09 bits per heavy atom. The van der Waals surface area contributed by atoms with Gasteiger partial charge in [0, 0.05) is 55.0 Å².